The van der Waals surface area contributed by atoms with E-state index < -0.39 is 6.09 Å². The Bertz CT molecular complexity index is 481. The van der Waals surface area contributed by atoms with Gasteiger partial charge in [0.25, 0.3) is 0 Å². The fraction of sp³-hybridized carbons (Fsp3) is 0.429. The van der Waals surface area contributed by atoms with Crippen LogP contribution in [-0.2, 0) is 11.2 Å². The van der Waals surface area contributed by atoms with Crippen LogP contribution in [0.5, 0.6) is 0 Å². The van der Waals surface area contributed by atoms with Gasteiger partial charge in [-0.2, -0.15) is 0 Å². The topological polar surface area (TPSA) is 50.7 Å². The highest BCUT2D eigenvalue weighted by Crippen LogP contribution is 2.22. The van der Waals surface area contributed by atoms with E-state index in [1.807, 2.05) is 18.2 Å². The van der Waals surface area contributed by atoms with Crippen molar-refractivity contribution >= 4 is 17.5 Å². The normalized spacial score (nSPS) is 13.6. The Morgan fingerprint density at radius 1 is 1.44 bits per heavy atom. The summed E-state index contributed by atoms with van der Waals surface area (Å²) in [6.07, 6.45) is 1.46. The van der Waals surface area contributed by atoms with Crippen LogP contribution in [0.1, 0.15) is 31.4 Å². The van der Waals surface area contributed by atoms with Gasteiger partial charge in [0.2, 0.25) is 0 Å². The van der Waals surface area contributed by atoms with Gasteiger partial charge in [0.1, 0.15) is 0 Å². The second-order valence-corrected chi connectivity index (χ2v) is 4.15. The lowest BCUT2D eigenvalue weighted by Crippen LogP contribution is -2.16. The number of rotatable bonds is 3. The number of nitrogens with zero attached hydrogens (tertiary/aromatic N) is 1. The molecule has 0 bridgehead atoms. The highest BCUT2D eigenvalue weighted by Gasteiger charge is 2.13. The number of ether oxygens (including phenoxy) is 1. The van der Waals surface area contributed by atoms with Gasteiger partial charge in [-0.25, -0.2) is 4.79 Å². The van der Waals surface area contributed by atoms with E-state index >= 15 is 0 Å². The minimum Gasteiger partial charge on any atom is -0.450 e. The molecule has 1 N–H and O–H groups in total. The van der Waals surface area contributed by atoms with Crippen LogP contribution in [-0.4, -0.2) is 25.0 Å². The molecule has 1 aliphatic rings. The summed E-state index contributed by atoms with van der Waals surface area (Å²) in [6, 6.07) is 5.93. The van der Waals surface area contributed by atoms with Crippen LogP contribution in [0.3, 0.4) is 0 Å². The lowest BCUT2D eigenvalue weighted by Gasteiger charge is -2.17. The Labute approximate surface area is 107 Å². The second-order valence-electron chi connectivity index (χ2n) is 4.15. The van der Waals surface area contributed by atoms with Crippen molar-refractivity contribution in [1.29, 1.82) is 0 Å². The van der Waals surface area contributed by atoms with E-state index in [1.165, 1.54) is 11.1 Å². The molecule has 0 atom stereocenters. The van der Waals surface area contributed by atoms with E-state index in [4.69, 9.17) is 4.74 Å². The predicted octanol–water partition coefficient (Wildman–Crippen LogP) is 3.01. The van der Waals surface area contributed by atoms with Crippen molar-refractivity contribution in [1.82, 2.24) is 0 Å². The van der Waals surface area contributed by atoms with Gasteiger partial charge in [-0.15, -0.1) is 0 Å². The zero-order valence-electron chi connectivity index (χ0n) is 10.8. The van der Waals surface area contributed by atoms with E-state index in [9.17, 15) is 4.79 Å². The third-order valence-corrected chi connectivity index (χ3v) is 2.96. The van der Waals surface area contributed by atoms with E-state index in [0.717, 1.165) is 30.8 Å². The fourth-order valence-electron chi connectivity index (χ4n) is 2.14. The van der Waals surface area contributed by atoms with Gasteiger partial charge in [-0.3, -0.25) is 10.3 Å². The quantitative estimate of drug-likeness (QED) is 0.891. The van der Waals surface area contributed by atoms with Crippen molar-refractivity contribution < 1.29 is 9.53 Å². The van der Waals surface area contributed by atoms with Crippen LogP contribution in [0, 0.1) is 0 Å². The molecule has 1 aromatic rings. The molecule has 0 aliphatic carbocycles. The van der Waals surface area contributed by atoms with Crippen molar-refractivity contribution in [2.75, 3.05) is 18.5 Å². The van der Waals surface area contributed by atoms with Crippen LogP contribution in [0.15, 0.2) is 23.2 Å². The second kappa shape index (κ2) is 5.67. The van der Waals surface area contributed by atoms with Crippen LogP contribution in [0.25, 0.3) is 0 Å². The molecule has 0 fully saturated rings. The molecule has 4 nitrogen and oxygen atoms in total. The summed E-state index contributed by atoms with van der Waals surface area (Å²) in [5.41, 5.74) is 4.39. The van der Waals surface area contributed by atoms with Crippen molar-refractivity contribution in [3.63, 3.8) is 0 Å². The molecule has 0 aromatic heterocycles. The van der Waals surface area contributed by atoms with Gasteiger partial charge in [0, 0.05) is 17.9 Å². The maximum absolute atomic E-state index is 11.3. The number of benzene rings is 1. The first-order valence-corrected chi connectivity index (χ1v) is 6.35. The molecule has 0 saturated carbocycles. The lowest BCUT2D eigenvalue weighted by atomic mass is 9.96. The van der Waals surface area contributed by atoms with Gasteiger partial charge in [-0.1, -0.05) is 13.0 Å². The van der Waals surface area contributed by atoms with Crippen LogP contribution < -0.4 is 5.32 Å². The minimum atomic E-state index is -0.405. The number of nitrogens with one attached hydrogen (secondary N) is 1. The molecule has 0 spiro atoms. The molecule has 4 heteroatoms. The SMILES string of the molecule is CCOC(=O)Nc1ccc2c(c1)CCN=C2CC. The Hall–Kier alpha value is -1.84. The molecule has 1 aromatic carbocycles. The first-order valence-electron chi connectivity index (χ1n) is 6.35. The van der Waals surface area contributed by atoms with Gasteiger partial charge >= 0.3 is 6.09 Å². The summed E-state index contributed by atoms with van der Waals surface area (Å²) < 4.78 is 4.86. The number of carbonyl (C=O) groups is 1. The van der Waals surface area contributed by atoms with Crippen LogP contribution in [0.2, 0.25) is 0 Å². The van der Waals surface area contributed by atoms with Gasteiger partial charge in [0.05, 0.1) is 6.61 Å². The zero-order chi connectivity index (χ0) is 13.0. The third kappa shape index (κ3) is 2.70. The van der Waals surface area contributed by atoms with Crippen molar-refractivity contribution in [2.45, 2.75) is 26.7 Å². The standard InChI is InChI=1S/C14H18N2O2/c1-3-13-12-6-5-11(16-14(17)18-4-2)9-10(12)7-8-15-13/h5-6,9H,3-4,7-8H2,1-2H3,(H,16,17). The first kappa shape index (κ1) is 12.6. The van der Waals surface area contributed by atoms with Crippen molar-refractivity contribution in [3.8, 4) is 0 Å². The monoisotopic (exact) mass is 246 g/mol. The number of amides is 1. The lowest BCUT2D eigenvalue weighted by molar-refractivity contribution is 0.168. The molecule has 0 saturated heterocycles. The molecule has 18 heavy (non-hydrogen) atoms. The molecular formula is C14H18N2O2. The Balaban J connectivity index is 2.18. The van der Waals surface area contributed by atoms with E-state index in [1.54, 1.807) is 6.92 Å². The molecule has 1 aliphatic heterocycles. The average Bonchev–Trinajstić information content (AvgIpc) is 2.38. The maximum Gasteiger partial charge on any atom is 0.411 e. The molecule has 1 heterocycles. The van der Waals surface area contributed by atoms with Crippen molar-refractivity contribution in [2.24, 2.45) is 4.99 Å². The summed E-state index contributed by atoms with van der Waals surface area (Å²) in [5, 5.41) is 2.72. The summed E-state index contributed by atoms with van der Waals surface area (Å²) in [5.74, 6) is 0. The maximum atomic E-state index is 11.3. The number of aliphatic imine (C=N–C) groups is 1. The minimum absolute atomic E-state index is 0.378. The molecule has 2 rings (SSSR count). The number of hydrogen-bond acceptors (Lipinski definition) is 3. The Kier molecular flexibility index (Phi) is 3.97. The summed E-state index contributed by atoms with van der Waals surface area (Å²) in [6.45, 7) is 5.11. The number of anilines is 1. The fourth-order valence-corrected chi connectivity index (χ4v) is 2.14. The van der Waals surface area contributed by atoms with Gasteiger partial charge < -0.3 is 4.74 Å². The Morgan fingerprint density at radius 2 is 2.28 bits per heavy atom. The molecule has 1 amide bonds. The van der Waals surface area contributed by atoms with Crippen LogP contribution in [0.4, 0.5) is 10.5 Å². The largest absolute Gasteiger partial charge is 0.450 e. The number of hydrogen-bond donors (Lipinski definition) is 1. The number of carbonyl (C=O) groups excluding carboxylic acids is 1. The van der Waals surface area contributed by atoms with Gasteiger partial charge in [-0.05, 0) is 43.0 Å². The van der Waals surface area contributed by atoms with E-state index in [0.29, 0.717) is 6.61 Å². The molecular weight excluding hydrogens is 228 g/mol. The van der Waals surface area contributed by atoms with Crippen LogP contribution >= 0.6 is 0 Å². The molecule has 0 unspecified atom stereocenters. The summed E-state index contributed by atoms with van der Waals surface area (Å²) in [7, 11) is 0. The summed E-state index contributed by atoms with van der Waals surface area (Å²) in [4.78, 5) is 15.9. The van der Waals surface area contributed by atoms with E-state index in [2.05, 4.69) is 17.2 Å². The predicted molar refractivity (Wildman–Crippen MR) is 72.5 cm³/mol. The third-order valence-electron chi connectivity index (χ3n) is 2.96. The zero-order valence-corrected chi connectivity index (χ0v) is 10.8. The Morgan fingerprint density at radius 3 is 3.00 bits per heavy atom. The average molecular weight is 246 g/mol. The molecule has 0 radical (unpaired) electrons. The highest BCUT2D eigenvalue weighted by molar-refractivity contribution is 6.03. The summed E-state index contributed by atoms with van der Waals surface area (Å²) >= 11 is 0. The smallest absolute Gasteiger partial charge is 0.411 e. The highest BCUT2D eigenvalue weighted by atomic mass is 16.5. The molecule has 96 valence electrons. The van der Waals surface area contributed by atoms with E-state index in [-0.39, 0.29) is 0 Å². The van der Waals surface area contributed by atoms with Crippen molar-refractivity contribution in [3.05, 3.63) is 29.3 Å². The van der Waals surface area contributed by atoms with Gasteiger partial charge in [0.15, 0.2) is 0 Å². The first-order chi connectivity index (χ1) is 8.74. The number of fused-ring (bicyclic) bond motifs is 1.